The van der Waals surface area contributed by atoms with E-state index in [1.165, 1.54) is 12.8 Å². The largest absolute Gasteiger partial charge is 0.381 e. The number of rotatable bonds is 2. The summed E-state index contributed by atoms with van der Waals surface area (Å²) in [6.45, 7) is 1.78. The molecule has 0 aromatic carbocycles. The van der Waals surface area contributed by atoms with Gasteiger partial charge in [0.2, 0.25) is 0 Å². The number of fused-ring (bicyclic) bond motifs is 1. The third-order valence-corrected chi connectivity index (χ3v) is 3.04. The molecule has 0 bridgehead atoms. The van der Waals surface area contributed by atoms with Crippen LogP contribution < -0.4 is 0 Å². The standard InChI is InChI=1S/C12H15N3O/c1-4-10-12(13-5-1)15-11(14-10)7-9-3-2-6-16-8-9/h1,4-5,9H,2-3,6-8H2,(H,13,14,15). The second-order valence-electron chi connectivity index (χ2n) is 4.35. The highest BCUT2D eigenvalue weighted by Crippen LogP contribution is 2.18. The Morgan fingerprint density at radius 2 is 2.50 bits per heavy atom. The first kappa shape index (κ1) is 9.78. The number of H-pyrrole nitrogens is 1. The van der Waals surface area contributed by atoms with Crippen LogP contribution in [-0.4, -0.2) is 28.2 Å². The summed E-state index contributed by atoms with van der Waals surface area (Å²) in [7, 11) is 0. The van der Waals surface area contributed by atoms with Crippen LogP contribution in [0.25, 0.3) is 11.2 Å². The van der Waals surface area contributed by atoms with E-state index in [-0.39, 0.29) is 0 Å². The van der Waals surface area contributed by atoms with Gasteiger partial charge in [0.25, 0.3) is 0 Å². The van der Waals surface area contributed by atoms with Crippen LogP contribution in [0, 0.1) is 5.92 Å². The summed E-state index contributed by atoms with van der Waals surface area (Å²) in [6.07, 6.45) is 5.15. The lowest BCUT2D eigenvalue weighted by atomic mass is 9.98. The van der Waals surface area contributed by atoms with E-state index in [2.05, 4.69) is 15.0 Å². The van der Waals surface area contributed by atoms with E-state index in [1.807, 2.05) is 12.1 Å². The lowest BCUT2D eigenvalue weighted by Gasteiger charge is -2.20. The van der Waals surface area contributed by atoms with E-state index in [0.29, 0.717) is 5.92 Å². The van der Waals surface area contributed by atoms with Gasteiger partial charge in [-0.15, -0.1) is 0 Å². The molecule has 1 aliphatic heterocycles. The molecule has 0 amide bonds. The molecule has 2 aromatic rings. The zero-order valence-corrected chi connectivity index (χ0v) is 9.15. The van der Waals surface area contributed by atoms with E-state index in [1.54, 1.807) is 6.20 Å². The van der Waals surface area contributed by atoms with Gasteiger partial charge in [-0.3, -0.25) is 0 Å². The second kappa shape index (κ2) is 4.22. The van der Waals surface area contributed by atoms with Crippen molar-refractivity contribution in [2.24, 2.45) is 5.92 Å². The molecule has 16 heavy (non-hydrogen) atoms. The molecule has 3 heterocycles. The fourth-order valence-corrected chi connectivity index (χ4v) is 2.23. The van der Waals surface area contributed by atoms with Crippen LogP contribution in [0.4, 0.5) is 0 Å². The van der Waals surface area contributed by atoms with Gasteiger partial charge in [-0.05, 0) is 30.9 Å². The molecular formula is C12H15N3O. The van der Waals surface area contributed by atoms with Gasteiger partial charge < -0.3 is 9.72 Å². The summed E-state index contributed by atoms with van der Waals surface area (Å²) in [5.41, 5.74) is 1.84. The molecule has 84 valence electrons. The Hall–Kier alpha value is -1.42. The number of nitrogens with one attached hydrogen (secondary N) is 1. The molecule has 0 saturated carbocycles. The van der Waals surface area contributed by atoms with Gasteiger partial charge >= 0.3 is 0 Å². The average molecular weight is 217 g/mol. The maximum Gasteiger partial charge on any atom is 0.177 e. The smallest absolute Gasteiger partial charge is 0.177 e. The maximum atomic E-state index is 5.47. The third kappa shape index (κ3) is 1.93. The molecule has 0 aliphatic carbocycles. The summed E-state index contributed by atoms with van der Waals surface area (Å²) < 4.78 is 5.47. The number of hydrogen-bond donors (Lipinski definition) is 1. The number of aromatic nitrogens is 3. The molecule has 1 unspecified atom stereocenters. The molecule has 1 N–H and O–H groups in total. The quantitative estimate of drug-likeness (QED) is 0.836. The van der Waals surface area contributed by atoms with Crippen LogP contribution in [0.3, 0.4) is 0 Å². The van der Waals surface area contributed by atoms with Crippen LogP contribution >= 0.6 is 0 Å². The van der Waals surface area contributed by atoms with Gasteiger partial charge in [0.05, 0.1) is 5.52 Å². The van der Waals surface area contributed by atoms with Crippen molar-refractivity contribution in [2.75, 3.05) is 13.2 Å². The van der Waals surface area contributed by atoms with Crippen LogP contribution in [0.15, 0.2) is 18.3 Å². The van der Waals surface area contributed by atoms with Gasteiger partial charge in [0, 0.05) is 25.8 Å². The number of hydrogen-bond acceptors (Lipinski definition) is 3. The van der Waals surface area contributed by atoms with E-state index in [0.717, 1.165) is 36.6 Å². The Bertz CT molecular complexity index is 441. The summed E-state index contributed by atoms with van der Waals surface area (Å²) in [6, 6.07) is 3.93. The Kier molecular flexibility index (Phi) is 2.58. The van der Waals surface area contributed by atoms with E-state index >= 15 is 0 Å². The minimum atomic E-state index is 0.606. The fraction of sp³-hybridized carbons (Fsp3) is 0.500. The van der Waals surface area contributed by atoms with E-state index in [9.17, 15) is 0 Å². The van der Waals surface area contributed by atoms with Gasteiger partial charge in [0.15, 0.2) is 5.65 Å². The number of nitrogens with zero attached hydrogens (tertiary/aromatic N) is 2. The van der Waals surface area contributed by atoms with Gasteiger partial charge in [-0.1, -0.05) is 0 Å². The number of pyridine rings is 1. The maximum absolute atomic E-state index is 5.47. The molecule has 0 radical (unpaired) electrons. The molecule has 4 heteroatoms. The Morgan fingerprint density at radius 3 is 3.31 bits per heavy atom. The van der Waals surface area contributed by atoms with E-state index < -0.39 is 0 Å². The van der Waals surface area contributed by atoms with Crippen molar-refractivity contribution in [3.05, 3.63) is 24.2 Å². The lowest BCUT2D eigenvalue weighted by Crippen LogP contribution is -2.19. The van der Waals surface area contributed by atoms with Gasteiger partial charge in [-0.2, -0.15) is 0 Å². The average Bonchev–Trinajstić information content (AvgIpc) is 2.72. The van der Waals surface area contributed by atoms with Gasteiger partial charge in [-0.25, -0.2) is 9.97 Å². The van der Waals surface area contributed by atoms with Crippen LogP contribution in [0.5, 0.6) is 0 Å². The molecule has 0 spiro atoms. The SMILES string of the molecule is c1cnc2nc(CC3CCCOC3)[nH]c2c1. The summed E-state index contributed by atoms with van der Waals surface area (Å²) in [5, 5.41) is 0. The predicted octanol–water partition coefficient (Wildman–Crippen LogP) is 1.93. The topological polar surface area (TPSA) is 50.8 Å². The highest BCUT2D eigenvalue weighted by molar-refractivity contribution is 5.69. The van der Waals surface area contributed by atoms with Crippen molar-refractivity contribution >= 4 is 11.2 Å². The Balaban J connectivity index is 1.78. The van der Waals surface area contributed by atoms with Crippen LogP contribution in [-0.2, 0) is 11.2 Å². The minimum absolute atomic E-state index is 0.606. The summed E-state index contributed by atoms with van der Waals surface area (Å²) in [5.74, 6) is 1.64. The second-order valence-corrected chi connectivity index (χ2v) is 4.35. The molecule has 1 fully saturated rings. The molecule has 1 aliphatic rings. The highest BCUT2D eigenvalue weighted by Gasteiger charge is 2.16. The van der Waals surface area contributed by atoms with E-state index in [4.69, 9.17) is 4.74 Å². The summed E-state index contributed by atoms with van der Waals surface area (Å²) >= 11 is 0. The Labute approximate surface area is 94.1 Å². The van der Waals surface area contributed by atoms with Crippen molar-refractivity contribution in [2.45, 2.75) is 19.3 Å². The molecule has 3 rings (SSSR count). The van der Waals surface area contributed by atoms with Crippen molar-refractivity contribution in [3.8, 4) is 0 Å². The third-order valence-electron chi connectivity index (χ3n) is 3.04. The molecule has 2 aromatic heterocycles. The molecular weight excluding hydrogens is 202 g/mol. The van der Waals surface area contributed by atoms with Crippen molar-refractivity contribution < 1.29 is 4.74 Å². The normalized spacial score (nSPS) is 21.4. The van der Waals surface area contributed by atoms with Crippen LogP contribution in [0.1, 0.15) is 18.7 Å². The van der Waals surface area contributed by atoms with Crippen molar-refractivity contribution in [1.82, 2.24) is 15.0 Å². The zero-order valence-electron chi connectivity index (χ0n) is 9.15. The minimum Gasteiger partial charge on any atom is -0.381 e. The Morgan fingerprint density at radius 1 is 1.50 bits per heavy atom. The number of ether oxygens (including phenoxy) is 1. The number of aromatic amines is 1. The van der Waals surface area contributed by atoms with Gasteiger partial charge in [0.1, 0.15) is 5.82 Å². The van der Waals surface area contributed by atoms with Crippen LogP contribution in [0.2, 0.25) is 0 Å². The molecule has 1 atom stereocenters. The molecule has 4 nitrogen and oxygen atoms in total. The lowest BCUT2D eigenvalue weighted by molar-refractivity contribution is 0.0544. The van der Waals surface area contributed by atoms with Crippen molar-refractivity contribution in [3.63, 3.8) is 0 Å². The number of imidazole rings is 1. The monoisotopic (exact) mass is 217 g/mol. The first-order chi connectivity index (χ1) is 7.92. The predicted molar refractivity (Wildman–Crippen MR) is 61.1 cm³/mol. The first-order valence-corrected chi connectivity index (χ1v) is 5.79. The molecule has 1 saturated heterocycles. The first-order valence-electron chi connectivity index (χ1n) is 5.79. The summed E-state index contributed by atoms with van der Waals surface area (Å²) in [4.78, 5) is 12.0. The van der Waals surface area contributed by atoms with Crippen molar-refractivity contribution in [1.29, 1.82) is 0 Å². The zero-order chi connectivity index (χ0) is 10.8. The fourth-order valence-electron chi connectivity index (χ4n) is 2.23. The highest BCUT2D eigenvalue weighted by atomic mass is 16.5.